The van der Waals surface area contributed by atoms with Crippen LogP contribution in [0.1, 0.15) is 42.9 Å². The predicted octanol–water partition coefficient (Wildman–Crippen LogP) is 5.80. The molecule has 8 heteroatoms. The maximum Gasteiger partial charge on any atom is 0.233 e. The smallest absolute Gasteiger partial charge is 0.233 e. The van der Waals surface area contributed by atoms with Gasteiger partial charge in [-0.05, 0) is 44.0 Å². The highest BCUT2D eigenvalue weighted by Crippen LogP contribution is 2.65. The van der Waals surface area contributed by atoms with Crippen LogP contribution in [-0.4, -0.2) is 31.2 Å². The zero-order chi connectivity index (χ0) is 26.8. The molecule has 5 aromatic rings. The van der Waals surface area contributed by atoms with Crippen LogP contribution < -0.4 is 4.74 Å². The summed E-state index contributed by atoms with van der Waals surface area (Å²) < 4.78 is 15.8. The van der Waals surface area contributed by atoms with Crippen molar-refractivity contribution in [3.05, 3.63) is 95.7 Å². The minimum absolute atomic E-state index is 0.0380. The fourth-order valence-electron chi connectivity index (χ4n) is 6.34. The number of aromatic hydroxyl groups is 2. The highest BCUT2D eigenvalue weighted by atomic mass is 16.5. The summed E-state index contributed by atoms with van der Waals surface area (Å²) in [5.74, 6) is 0.418. The summed E-state index contributed by atoms with van der Waals surface area (Å²) in [5.41, 5.74) is 1.80. The normalized spacial score (nSPS) is 21.2. The first-order chi connectivity index (χ1) is 18.9. The maximum absolute atomic E-state index is 11.6. The Bertz CT molecular complexity index is 1780. The van der Waals surface area contributed by atoms with Crippen LogP contribution in [0.15, 0.2) is 79.0 Å². The first kappa shape index (κ1) is 23.4. The molecular formula is C31H26N4O4. The third-order valence-corrected chi connectivity index (χ3v) is 8.14. The number of benzene rings is 3. The summed E-state index contributed by atoms with van der Waals surface area (Å²) in [6.07, 6.45) is 3.75. The van der Waals surface area contributed by atoms with Crippen molar-refractivity contribution in [1.82, 2.24) is 14.3 Å². The average Bonchev–Trinajstić information content (AvgIpc) is 3.69. The van der Waals surface area contributed by atoms with Crippen LogP contribution in [0.2, 0.25) is 0 Å². The van der Waals surface area contributed by atoms with E-state index in [9.17, 15) is 15.5 Å². The SMILES string of the molecule is C[C@]12CC[C@](CCOc3ccn(-c4ccccc4)n3)(O1)c1c2c(O)n(-c2ccc(C#N)c3ccccc23)c1O. The lowest BCUT2D eigenvalue weighted by Gasteiger charge is -2.26. The van der Waals surface area contributed by atoms with E-state index in [2.05, 4.69) is 11.2 Å². The number of rotatable bonds is 6. The molecule has 1 saturated heterocycles. The predicted molar refractivity (Wildman–Crippen MR) is 144 cm³/mol. The monoisotopic (exact) mass is 518 g/mol. The number of hydrogen-bond donors (Lipinski definition) is 2. The van der Waals surface area contributed by atoms with Gasteiger partial charge in [-0.25, -0.2) is 4.68 Å². The van der Waals surface area contributed by atoms with Crippen LogP contribution in [-0.2, 0) is 15.9 Å². The molecule has 2 aromatic heterocycles. The van der Waals surface area contributed by atoms with Crippen molar-refractivity contribution in [2.45, 2.75) is 37.4 Å². The van der Waals surface area contributed by atoms with Crippen molar-refractivity contribution in [1.29, 1.82) is 5.26 Å². The number of fused-ring (bicyclic) bond motifs is 6. The molecule has 2 aliphatic rings. The number of aromatic nitrogens is 3. The minimum atomic E-state index is -0.790. The number of ether oxygens (including phenoxy) is 2. The molecule has 8 nitrogen and oxygen atoms in total. The molecule has 1 fully saturated rings. The van der Waals surface area contributed by atoms with Gasteiger partial charge in [-0.2, -0.15) is 5.26 Å². The summed E-state index contributed by atoms with van der Waals surface area (Å²) in [4.78, 5) is 0. The van der Waals surface area contributed by atoms with E-state index < -0.39 is 11.2 Å². The average molecular weight is 519 g/mol. The van der Waals surface area contributed by atoms with Gasteiger partial charge in [0.05, 0.1) is 46.3 Å². The van der Waals surface area contributed by atoms with E-state index in [0.717, 1.165) is 16.5 Å². The maximum atomic E-state index is 11.6. The lowest BCUT2D eigenvalue weighted by Crippen LogP contribution is -2.25. The van der Waals surface area contributed by atoms with Crippen molar-refractivity contribution in [3.63, 3.8) is 0 Å². The van der Waals surface area contributed by atoms with Crippen molar-refractivity contribution in [2.24, 2.45) is 0 Å². The second kappa shape index (κ2) is 8.38. The lowest BCUT2D eigenvalue weighted by atomic mass is 9.78. The molecule has 0 radical (unpaired) electrons. The Hall–Kier alpha value is -4.74. The van der Waals surface area contributed by atoms with E-state index in [1.54, 1.807) is 16.8 Å². The molecule has 0 spiro atoms. The largest absolute Gasteiger partial charge is 0.494 e. The van der Waals surface area contributed by atoms with Gasteiger partial charge in [-0.15, -0.1) is 5.10 Å². The van der Waals surface area contributed by atoms with Gasteiger partial charge >= 0.3 is 0 Å². The number of para-hydroxylation sites is 1. The van der Waals surface area contributed by atoms with Crippen LogP contribution in [0, 0.1) is 11.3 Å². The second-order valence-electron chi connectivity index (χ2n) is 10.4. The molecule has 39 heavy (non-hydrogen) atoms. The number of nitriles is 1. The van der Waals surface area contributed by atoms with Crippen LogP contribution in [0.4, 0.5) is 0 Å². The molecule has 0 saturated carbocycles. The van der Waals surface area contributed by atoms with E-state index in [4.69, 9.17) is 9.47 Å². The highest BCUT2D eigenvalue weighted by molar-refractivity contribution is 5.95. The van der Waals surface area contributed by atoms with Crippen LogP contribution in [0.3, 0.4) is 0 Å². The van der Waals surface area contributed by atoms with E-state index in [1.807, 2.05) is 73.8 Å². The van der Waals surface area contributed by atoms with Gasteiger partial charge in [0, 0.05) is 29.5 Å². The Morgan fingerprint density at radius 2 is 1.69 bits per heavy atom. The van der Waals surface area contributed by atoms with Gasteiger partial charge in [0.25, 0.3) is 0 Å². The van der Waals surface area contributed by atoms with Crippen LogP contribution in [0.5, 0.6) is 17.6 Å². The van der Waals surface area contributed by atoms with Gasteiger partial charge in [0.1, 0.15) is 5.60 Å². The van der Waals surface area contributed by atoms with Crippen molar-refractivity contribution < 1.29 is 19.7 Å². The third kappa shape index (κ3) is 3.37. The number of hydrogen-bond acceptors (Lipinski definition) is 6. The highest BCUT2D eigenvalue weighted by Gasteiger charge is 2.61. The zero-order valence-corrected chi connectivity index (χ0v) is 21.3. The Morgan fingerprint density at radius 3 is 2.49 bits per heavy atom. The summed E-state index contributed by atoms with van der Waals surface area (Å²) in [5, 5.41) is 38.7. The second-order valence-corrected chi connectivity index (χ2v) is 10.4. The lowest BCUT2D eigenvalue weighted by molar-refractivity contribution is -0.0877. The topological polar surface area (TPSA) is 105 Å². The quantitative estimate of drug-likeness (QED) is 0.294. The molecule has 4 heterocycles. The van der Waals surface area contributed by atoms with Crippen molar-refractivity contribution >= 4 is 10.8 Å². The zero-order valence-electron chi connectivity index (χ0n) is 21.3. The Balaban J connectivity index is 1.23. The summed E-state index contributed by atoms with van der Waals surface area (Å²) in [6, 6.07) is 24.8. The van der Waals surface area contributed by atoms with Gasteiger partial charge in [0.15, 0.2) is 0 Å². The molecule has 2 atom stereocenters. The Morgan fingerprint density at radius 1 is 0.949 bits per heavy atom. The molecule has 2 aliphatic heterocycles. The first-order valence-electron chi connectivity index (χ1n) is 13.0. The van der Waals surface area contributed by atoms with Crippen LogP contribution >= 0.6 is 0 Å². The van der Waals surface area contributed by atoms with Gasteiger partial charge in [0.2, 0.25) is 17.6 Å². The molecule has 7 rings (SSSR count). The van der Waals surface area contributed by atoms with E-state index >= 15 is 0 Å². The van der Waals surface area contributed by atoms with E-state index in [-0.39, 0.29) is 11.8 Å². The molecule has 0 aliphatic carbocycles. The van der Waals surface area contributed by atoms with Gasteiger partial charge in [-0.3, -0.25) is 4.57 Å². The van der Waals surface area contributed by atoms with E-state index in [0.29, 0.717) is 54.1 Å². The fourth-order valence-corrected chi connectivity index (χ4v) is 6.34. The molecule has 0 amide bonds. The molecule has 0 unspecified atom stereocenters. The third-order valence-electron chi connectivity index (χ3n) is 8.14. The summed E-state index contributed by atoms with van der Waals surface area (Å²) in [6.45, 7) is 2.29. The van der Waals surface area contributed by atoms with Gasteiger partial charge in [-0.1, -0.05) is 42.5 Å². The Labute approximate surface area is 224 Å². The molecule has 2 bridgehead atoms. The van der Waals surface area contributed by atoms with Crippen molar-refractivity contribution in [2.75, 3.05) is 6.61 Å². The number of nitrogens with zero attached hydrogens (tertiary/aromatic N) is 4. The molecule has 194 valence electrons. The van der Waals surface area contributed by atoms with E-state index in [1.165, 1.54) is 4.57 Å². The molecular weight excluding hydrogens is 492 g/mol. The van der Waals surface area contributed by atoms with Gasteiger partial charge < -0.3 is 19.7 Å². The van der Waals surface area contributed by atoms with Crippen LogP contribution in [0.25, 0.3) is 22.1 Å². The minimum Gasteiger partial charge on any atom is -0.494 e. The summed E-state index contributed by atoms with van der Waals surface area (Å²) >= 11 is 0. The standard InChI is InChI=1S/C31H26N4O4/c1-30-14-15-31(39-30,16-18-38-25-13-17-34(33-25)21-7-3-2-4-8-21)27-26(30)28(36)35(29(27)37)24-12-11-20(19-32)22-9-5-6-10-23(22)24/h2-13,17,36-37H,14-16,18H2,1H3/t30-,31-/m1/s1. The fraction of sp³-hybridized carbons (Fsp3) is 0.226. The molecule has 3 aromatic carbocycles. The Kier molecular flexibility index (Phi) is 5.03. The van der Waals surface area contributed by atoms with Crippen molar-refractivity contribution in [3.8, 4) is 35.1 Å². The molecule has 2 N–H and O–H groups in total. The summed E-state index contributed by atoms with van der Waals surface area (Å²) in [7, 11) is 0. The first-order valence-corrected chi connectivity index (χ1v) is 13.0.